The Hall–Kier alpha value is -4.32. The maximum atomic E-state index is 13.0. The molecular formula is C35H43N9O4S. The van der Waals surface area contributed by atoms with Gasteiger partial charge in [0.15, 0.2) is 28.8 Å². The summed E-state index contributed by atoms with van der Waals surface area (Å²) in [4.78, 5) is 26.3. The maximum Gasteiger partial charge on any atom is 0.272 e. The number of nitrogen functional groups attached to an aromatic ring is 1. The summed E-state index contributed by atoms with van der Waals surface area (Å²) in [7, 11) is 2.12. The molecule has 7 rings (SSSR count). The third kappa shape index (κ3) is 6.19. The number of aromatic nitrogens is 5. The number of nitrogens with one attached hydrogen (secondary N) is 1. The van der Waals surface area contributed by atoms with E-state index in [2.05, 4.69) is 54.4 Å². The van der Waals surface area contributed by atoms with E-state index in [4.69, 9.17) is 29.7 Å². The fourth-order valence-electron chi connectivity index (χ4n) is 7.70. The van der Waals surface area contributed by atoms with Gasteiger partial charge in [-0.15, -0.1) is 11.3 Å². The first kappa shape index (κ1) is 33.2. The summed E-state index contributed by atoms with van der Waals surface area (Å²) in [6.45, 7) is 8.45. The number of nitrogens with two attached hydrogens (primary N) is 1. The lowest BCUT2D eigenvalue weighted by Crippen LogP contribution is -2.38. The van der Waals surface area contributed by atoms with Crippen LogP contribution in [-0.4, -0.2) is 80.7 Å². The van der Waals surface area contributed by atoms with Crippen LogP contribution >= 0.6 is 11.3 Å². The van der Waals surface area contributed by atoms with Gasteiger partial charge in [0.1, 0.15) is 17.2 Å². The van der Waals surface area contributed by atoms with E-state index in [1.807, 2.05) is 0 Å². The minimum absolute atomic E-state index is 0.0336. The standard InChI is InChI=1S/C35H43N9O4S/c1-5-8-22-30(42-48-31(22)35(3)13-6-10-26-29(35)23(18-36)32(37)49-26)33-39-27(17-28(40-33)47-20(2)25-9-7-14-43(25)4)44-15-11-24(41-44)34(45)38-21-12-16-46-19-21/h11,15,17,20-21,25H,5-10,12-14,16,19,37H2,1-4H3,(H,38,45)/t20-,21+,25-,35-/m0/s1. The van der Waals surface area contributed by atoms with Crippen LogP contribution in [0, 0.1) is 11.3 Å². The molecule has 3 N–H and O–H groups in total. The highest BCUT2D eigenvalue weighted by atomic mass is 32.1. The number of rotatable bonds is 10. The summed E-state index contributed by atoms with van der Waals surface area (Å²) in [5, 5.41) is 22.8. The molecule has 0 spiro atoms. The number of nitriles is 1. The number of likely N-dealkylation sites (N-methyl/N-ethyl adjacent to an activating group) is 1. The number of amides is 1. The van der Waals surface area contributed by atoms with Crippen molar-refractivity contribution in [2.45, 2.75) is 95.7 Å². The highest BCUT2D eigenvalue weighted by molar-refractivity contribution is 7.16. The van der Waals surface area contributed by atoms with Crippen LogP contribution in [0.3, 0.4) is 0 Å². The molecule has 2 aliphatic heterocycles. The normalized spacial score (nSPS) is 22.9. The van der Waals surface area contributed by atoms with Crippen LogP contribution in [0.15, 0.2) is 22.9 Å². The Kier molecular flexibility index (Phi) is 9.17. The first-order valence-corrected chi connectivity index (χ1v) is 18.0. The lowest BCUT2D eigenvalue weighted by Gasteiger charge is -2.33. The highest BCUT2D eigenvalue weighted by Gasteiger charge is 2.44. The van der Waals surface area contributed by atoms with Crippen LogP contribution in [0.2, 0.25) is 0 Å². The van der Waals surface area contributed by atoms with Crippen LogP contribution in [0.1, 0.15) is 97.1 Å². The lowest BCUT2D eigenvalue weighted by atomic mass is 9.69. The average Bonchev–Trinajstić information content (AvgIpc) is 3.92. The van der Waals surface area contributed by atoms with Crippen LogP contribution in [0.5, 0.6) is 5.88 Å². The zero-order chi connectivity index (χ0) is 34.3. The molecule has 2 fully saturated rings. The molecule has 0 saturated carbocycles. The van der Waals surface area contributed by atoms with E-state index >= 15 is 0 Å². The quantitative estimate of drug-likeness (QED) is 0.235. The highest BCUT2D eigenvalue weighted by Crippen LogP contribution is 2.50. The predicted octanol–water partition coefficient (Wildman–Crippen LogP) is 4.81. The van der Waals surface area contributed by atoms with Crippen molar-refractivity contribution in [2.24, 2.45) is 0 Å². The van der Waals surface area contributed by atoms with E-state index in [0.29, 0.717) is 59.2 Å². The number of anilines is 1. The van der Waals surface area contributed by atoms with Crippen LogP contribution in [0.4, 0.5) is 5.00 Å². The SMILES string of the molecule is CCCc1c(-c2nc(O[C@@H](C)[C@@H]3CCCN3C)cc(-n3ccc(C(=O)N[C@@H]4CCOC4)n3)n2)noc1[C@@]1(C)CCCc2sc(N)c(C#N)c21. The van der Waals surface area contributed by atoms with Gasteiger partial charge in [-0.2, -0.15) is 15.3 Å². The topological polar surface area (TPSA) is 170 Å². The Morgan fingerprint density at radius 1 is 1.33 bits per heavy atom. The fraction of sp³-hybridized carbons (Fsp3) is 0.543. The molecule has 4 atom stereocenters. The van der Waals surface area contributed by atoms with Crippen molar-refractivity contribution in [3.8, 4) is 29.3 Å². The third-order valence-electron chi connectivity index (χ3n) is 10.2. The molecule has 0 unspecified atom stereocenters. The number of likely N-dealkylation sites (tertiary alicyclic amines) is 1. The zero-order valence-electron chi connectivity index (χ0n) is 28.5. The first-order valence-electron chi connectivity index (χ1n) is 17.2. The summed E-state index contributed by atoms with van der Waals surface area (Å²) in [6, 6.07) is 5.99. The average molecular weight is 686 g/mol. The minimum atomic E-state index is -0.588. The summed E-state index contributed by atoms with van der Waals surface area (Å²) in [5.74, 6) is 1.60. The molecule has 6 heterocycles. The van der Waals surface area contributed by atoms with Crippen LogP contribution in [0.25, 0.3) is 17.3 Å². The first-order chi connectivity index (χ1) is 23.7. The molecule has 49 heavy (non-hydrogen) atoms. The van der Waals surface area contributed by atoms with Gasteiger partial charge in [-0.25, -0.2) is 9.67 Å². The number of ether oxygens (including phenoxy) is 2. The molecule has 14 heteroatoms. The Morgan fingerprint density at radius 3 is 2.92 bits per heavy atom. The summed E-state index contributed by atoms with van der Waals surface area (Å²) >= 11 is 1.50. The van der Waals surface area contributed by atoms with E-state index in [9.17, 15) is 10.1 Å². The zero-order valence-corrected chi connectivity index (χ0v) is 29.3. The van der Waals surface area contributed by atoms with Gasteiger partial charge in [0.2, 0.25) is 5.88 Å². The Morgan fingerprint density at radius 2 is 2.18 bits per heavy atom. The molecule has 0 bridgehead atoms. The monoisotopic (exact) mass is 685 g/mol. The number of carbonyl (C=O) groups excluding carboxylic acids is 1. The van der Waals surface area contributed by atoms with Crippen molar-refractivity contribution in [1.29, 1.82) is 5.26 Å². The number of hydrogen-bond acceptors (Lipinski definition) is 12. The van der Waals surface area contributed by atoms with E-state index in [0.717, 1.165) is 67.5 Å². The third-order valence-corrected chi connectivity index (χ3v) is 11.3. The van der Waals surface area contributed by atoms with Gasteiger partial charge in [-0.1, -0.05) is 18.5 Å². The largest absolute Gasteiger partial charge is 0.473 e. The van der Waals surface area contributed by atoms with E-state index in [-0.39, 0.29) is 29.8 Å². The van der Waals surface area contributed by atoms with Gasteiger partial charge >= 0.3 is 0 Å². The number of thiophene rings is 1. The van der Waals surface area contributed by atoms with Gasteiger partial charge in [0, 0.05) is 35.4 Å². The molecule has 2 saturated heterocycles. The molecular weight excluding hydrogens is 643 g/mol. The van der Waals surface area contributed by atoms with Crippen molar-refractivity contribution in [1.82, 2.24) is 35.1 Å². The number of fused-ring (bicyclic) bond motifs is 1. The van der Waals surface area contributed by atoms with Crippen molar-refractivity contribution >= 4 is 22.2 Å². The minimum Gasteiger partial charge on any atom is -0.473 e. The molecule has 0 radical (unpaired) electrons. The van der Waals surface area contributed by atoms with E-state index in [1.165, 1.54) is 11.3 Å². The Labute approximate surface area is 289 Å². The van der Waals surface area contributed by atoms with Gasteiger partial charge in [-0.3, -0.25) is 9.69 Å². The van der Waals surface area contributed by atoms with Crippen molar-refractivity contribution in [3.05, 3.63) is 51.4 Å². The number of aryl methyl sites for hydroxylation is 1. The fourth-order valence-corrected chi connectivity index (χ4v) is 8.89. The molecule has 1 amide bonds. The summed E-state index contributed by atoms with van der Waals surface area (Å²) in [5.41, 5.74) is 8.93. The molecule has 3 aliphatic rings. The molecule has 13 nitrogen and oxygen atoms in total. The molecule has 258 valence electrons. The van der Waals surface area contributed by atoms with Crippen molar-refractivity contribution in [2.75, 3.05) is 32.5 Å². The van der Waals surface area contributed by atoms with Crippen molar-refractivity contribution in [3.63, 3.8) is 0 Å². The van der Waals surface area contributed by atoms with E-state index in [1.54, 1.807) is 23.0 Å². The second kappa shape index (κ2) is 13.5. The second-order valence-corrected chi connectivity index (χ2v) is 14.7. The molecule has 0 aromatic carbocycles. The van der Waals surface area contributed by atoms with Crippen molar-refractivity contribution < 1.29 is 18.8 Å². The number of nitrogens with zero attached hydrogens (tertiary/aromatic N) is 7. The smallest absolute Gasteiger partial charge is 0.272 e. The molecule has 4 aromatic rings. The predicted molar refractivity (Wildman–Crippen MR) is 184 cm³/mol. The van der Waals surface area contributed by atoms with Gasteiger partial charge in [0.25, 0.3) is 5.91 Å². The molecule has 1 aliphatic carbocycles. The van der Waals surface area contributed by atoms with Gasteiger partial charge < -0.3 is 25.0 Å². The Balaban J connectivity index is 1.30. The van der Waals surface area contributed by atoms with Gasteiger partial charge in [0.05, 0.1) is 23.6 Å². The Bertz CT molecular complexity index is 1890. The number of carbonyl (C=O) groups is 1. The number of hydrogen-bond donors (Lipinski definition) is 2. The maximum absolute atomic E-state index is 13.0. The van der Waals surface area contributed by atoms with Crippen LogP contribution < -0.4 is 15.8 Å². The summed E-state index contributed by atoms with van der Waals surface area (Å²) in [6.07, 6.45) is 8.62. The van der Waals surface area contributed by atoms with Crippen LogP contribution in [-0.2, 0) is 23.0 Å². The van der Waals surface area contributed by atoms with E-state index < -0.39 is 5.41 Å². The molecule has 4 aromatic heterocycles. The lowest BCUT2D eigenvalue weighted by molar-refractivity contribution is 0.0924. The summed E-state index contributed by atoms with van der Waals surface area (Å²) < 4.78 is 19.8. The van der Waals surface area contributed by atoms with Gasteiger partial charge in [-0.05, 0) is 84.0 Å². The second-order valence-electron chi connectivity index (χ2n) is 13.6.